The summed E-state index contributed by atoms with van der Waals surface area (Å²) in [7, 11) is 3.28. The van der Waals surface area contributed by atoms with E-state index in [-0.39, 0.29) is 0 Å². The lowest BCUT2D eigenvalue weighted by molar-refractivity contribution is 0.399. The molecule has 2 heterocycles. The fourth-order valence-electron chi connectivity index (χ4n) is 2.42. The smallest absolute Gasteiger partial charge is 0.263 e. The van der Waals surface area contributed by atoms with Crippen LogP contribution in [0.2, 0.25) is 0 Å². The molecule has 23 heavy (non-hydrogen) atoms. The van der Waals surface area contributed by atoms with E-state index in [4.69, 9.17) is 14.0 Å². The molecule has 1 aromatic carbocycles. The maximum absolute atomic E-state index is 5.39. The molecule has 0 saturated heterocycles. The Kier molecular flexibility index (Phi) is 4.27. The molecule has 120 valence electrons. The first-order valence-electron chi connectivity index (χ1n) is 7.30. The number of rotatable bonds is 6. The summed E-state index contributed by atoms with van der Waals surface area (Å²) in [5.41, 5.74) is 2.28. The van der Waals surface area contributed by atoms with Crippen molar-refractivity contribution < 1.29 is 14.0 Å². The highest BCUT2D eigenvalue weighted by Crippen LogP contribution is 2.27. The Morgan fingerprint density at radius 3 is 2.78 bits per heavy atom. The number of anilines is 1. The SMILES string of the molecule is CCc1noc2ncnc(NCc3cc(OC)ccc3OC)c12. The highest BCUT2D eigenvalue weighted by atomic mass is 16.5. The van der Waals surface area contributed by atoms with E-state index in [1.165, 1.54) is 6.33 Å². The second-order valence-corrected chi connectivity index (χ2v) is 4.92. The maximum atomic E-state index is 5.39. The van der Waals surface area contributed by atoms with Crippen LogP contribution in [0.15, 0.2) is 29.0 Å². The van der Waals surface area contributed by atoms with Crippen LogP contribution in [0, 0.1) is 0 Å². The molecule has 0 fully saturated rings. The summed E-state index contributed by atoms with van der Waals surface area (Å²) in [5.74, 6) is 2.25. The molecule has 0 saturated carbocycles. The quantitative estimate of drug-likeness (QED) is 0.749. The molecule has 0 aliphatic carbocycles. The van der Waals surface area contributed by atoms with Crippen LogP contribution in [0.3, 0.4) is 0 Å². The Morgan fingerprint density at radius 2 is 2.04 bits per heavy atom. The Balaban J connectivity index is 1.90. The predicted octanol–water partition coefficient (Wildman–Crippen LogP) is 2.81. The molecule has 3 aromatic rings. The van der Waals surface area contributed by atoms with Crippen molar-refractivity contribution in [2.75, 3.05) is 19.5 Å². The minimum absolute atomic E-state index is 0.483. The zero-order chi connectivity index (χ0) is 16.2. The third-order valence-electron chi connectivity index (χ3n) is 3.61. The first kappa shape index (κ1) is 15.1. The van der Waals surface area contributed by atoms with Gasteiger partial charge in [-0.2, -0.15) is 4.98 Å². The zero-order valence-corrected chi connectivity index (χ0v) is 13.3. The van der Waals surface area contributed by atoms with E-state index in [1.807, 2.05) is 25.1 Å². The molecule has 0 spiro atoms. The van der Waals surface area contributed by atoms with E-state index in [0.717, 1.165) is 34.6 Å². The van der Waals surface area contributed by atoms with E-state index in [9.17, 15) is 0 Å². The Hall–Kier alpha value is -2.83. The van der Waals surface area contributed by atoms with E-state index in [0.29, 0.717) is 18.1 Å². The Morgan fingerprint density at radius 1 is 1.17 bits per heavy atom. The van der Waals surface area contributed by atoms with Gasteiger partial charge in [0.1, 0.15) is 29.0 Å². The van der Waals surface area contributed by atoms with Crippen LogP contribution >= 0.6 is 0 Å². The number of hydrogen-bond acceptors (Lipinski definition) is 7. The number of aryl methyl sites for hydroxylation is 1. The Labute approximate surface area is 133 Å². The maximum Gasteiger partial charge on any atom is 0.263 e. The minimum Gasteiger partial charge on any atom is -0.497 e. The molecule has 0 aliphatic rings. The molecule has 7 heteroatoms. The summed E-state index contributed by atoms with van der Waals surface area (Å²) >= 11 is 0. The Bertz CT molecular complexity index is 816. The predicted molar refractivity (Wildman–Crippen MR) is 85.8 cm³/mol. The average Bonchev–Trinajstić information content (AvgIpc) is 3.03. The number of nitrogens with one attached hydrogen (secondary N) is 1. The third-order valence-corrected chi connectivity index (χ3v) is 3.61. The topological polar surface area (TPSA) is 82.3 Å². The van der Waals surface area contributed by atoms with Crippen molar-refractivity contribution in [1.82, 2.24) is 15.1 Å². The number of ether oxygens (including phenoxy) is 2. The van der Waals surface area contributed by atoms with Gasteiger partial charge in [-0.15, -0.1) is 0 Å². The lowest BCUT2D eigenvalue weighted by Crippen LogP contribution is -2.05. The summed E-state index contributed by atoms with van der Waals surface area (Å²) in [5, 5.41) is 8.15. The largest absolute Gasteiger partial charge is 0.497 e. The van der Waals surface area contributed by atoms with Gasteiger partial charge in [-0.25, -0.2) is 4.98 Å². The van der Waals surface area contributed by atoms with Crippen molar-refractivity contribution in [2.45, 2.75) is 19.9 Å². The standard InChI is InChI=1S/C16H18N4O3/c1-4-12-14-15(18-9-19-16(14)23-20-12)17-8-10-7-11(21-2)5-6-13(10)22-3/h5-7,9H,4,8H2,1-3H3,(H,17,18,19). The summed E-state index contributed by atoms with van der Waals surface area (Å²) in [6.07, 6.45) is 2.20. The van der Waals surface area contributed by atoms with E-state index in [2.05, 4.69) is 20.4 Å². The van der Waals surface area contributed by atoms with Gasteiger partial charge in [0.2, 0.25) is 0 Å². The van der Waals surface area contributed by atoms with E-state index >= 15 is 0 Å². The number of fused-ring (bicyclic) bond motifs is 1. The third kappa shape index (κ3) is 2.90. The van der Waals surface area contributed by atoms with Crippen LogP contribution in [0.5, 0.6) is 11.5 Å². The van der Waals surface area contributed by atoms with Gasteiger partial charge in [0, 0.05) is 12.1 Å². The number of nitrogens with zero attached hydrogens (tertiary/aromatic N) is 3. The summed E-state index contributed by atoms with van der Waals surface area (Å²) in [4.78, 5) is 8.41. The fraction of sp³-hybridized carbons (Fsp3) is 0.312. The monoisotopic (exact) mass is 314 g/mol. The number of aromatic nitrogens is 3. The molecule has 0 aliphatic heterocycles. The van der Waals surface area contributed by atoms with Gasteiger partial charge in [0.15, 0.2) is 0 Å². The second kappa shape index (κ2) is 6.51. The van der Waals surface area contributed by atoms with Crippen molar-refractivity contribution in [3.05, 3.63) is 35.8 Å². The first-order chi connectivity index (χ1) is 11.3. The lowest BCUT2D eigenvalue weighted by atomic mass is 10.1. The van der Waals surface area contributed by atoms with Gasteiger partial charge in [-0.1, -0.05) is 12.1 Å². The van der Waals surface area contributed by atoms with Gasteiger partial charge in [0.25, 0.3) is 5.71 Å². The molecule has 0 bridgehead atoms. The van der Waals surface area contributed by atoms with Gasteiger partial charge < -0.3 is 19.3 Å². The molecular formula is C16H18N4O3. The second-order valence-electron chi connectivity index (χ2n) is 4.92. The van der Waals surface area contributed by atoms with Crippen LogP contribution < -0.4 is 14.8 Å². The molecule has 7 nitrogen and oxygen atoms in total. The molecular weight excluding hydrogens is 296 g/mol. The van der Waals surface area contributed by atoms with Crippen LogP contribution in [0.1, 0.15) is 18.2 Å². The normalized spacial score (nSPS) is 10.7. The van der Waals surface area contributed by atoms with Crippen molar-refractivity contribution in [2.24, 2.45) is 0 Å². The summed E-state index contributed by atoms with van der Waals surface area (Å²) in [6.45, 7) is 2.54. The highest BCUT2D eigenvalue weighted by Gasteiger charge is 2.14. The molecule has 3 rings (SSSR count). The molecule has 0 unspecified atom stereocenters. The van der Waals surface area contributed by atoms with Crippen LogP contribution in [0.4, 0.5) is 5.82 Å². The minimum atomic E-state index is 0.483. The van der Waals surface area contributed by atoms with E-state index < -0.39 is 0 Å². The van der Waals surface area contributed by atoms with Gasteiger partial charge in [-0.05, 0) is 24.6 Å². The lowest BCUT2D eigenvalue weighted by Gasteiger charge is -2.12. The number of benzene rings is 1. The van der Waals surface area contributed by atoms with Gasteiger partial charge >= 0.3 is 0 Å². The average molecular weight is 314 g/mol. The highest BCUT2D eigenvalue weighted by molar-refractivity contribution is 5.87. The van der Waals surface area contributed by atoms with Crippen LogP contribution in [0.25, 0.3) is 11.1 Å². The first-order valence-corrected chi connectivity index (χ1v) is 7.30. The number of methoxy groups -OCH3 is 2. The molecule has 0 atom stereocenters. The fourth-order valence-corrected chi connectivity index (χ4v) is 2.42. The van der Waals surface area contributed by atoms with Crippen LogP contribution in [-0.2, 0) is 13.0 Å². The molecule has 2 aromatic heterocycles. The number of hydrogen-bond donors (Lipinski definition) is 1. The zero-order valence-electron chi connectivity index (χ0n) is 13.3. The molecule has 0 radical (unpaired) electrons. The van der Waals surface area contributed by atoms with Gasteiger partial charge in [0.05, 0.1) is 19.9 Å². The summed E-state index contributed by atoms with van der Waals surface area (Å²) < 4.78 is 15.9. The van der Waals surface area contributed by atoms with E-state index in [1.54, 1.807) is 14.2 Å². The van der Waals surface area contributed by atoms with Crippen molar-refractivity contribution in [3.8, 4) is 11.5 Å². The summed E-state index contributed by atoms with van der Waals surface area (Å²) in [6, 6.07) is 5.67. The molecule has 0 amide bonds. The van der Waals surface area contributed by atoms with Gasteiger partial charge in [-0.3, -0.25) is 0 Å². The van der Waals surface area contributed by atoms with Crippen molar-refractivity contribution >= 4 is 16.9 Å². The van der Waals surface area contributed by atoms with Crippen molar-refractivity contribution in [3.63, 3.8) is 0 Å². The van der Waals surface area contributed by atoms with Crippen LogP contribution in [-0.4, -0.2) is 29.3 Å². The molecule has 1 N–H and O–H groups in total. The van der Waals surface area contributed by atoms with Crippen molar-refractivity contribution in [1.29, 1.82) is 0 Å².